The molecule has 7 nitrogen and oxygen atoms in total. The SMILES string of the molecule is COC(=O)c1ccc(-c2ccc(OC3CN(C(=O)OC(C)(C)C)C3)cn2)cc1C. The predicted molar refractivity (Wildman–Crippen MR) is 108 cm³/mol. The maximum atomic E-state index is 12.0. The second kappa shape index (κ2) is 8.11. The lowest BCUT2D eigenvalue weighted by Gasteiger charge is -2.39. The first-order valence-corrected chi connectivity index (χ1v) is 9.46. The summed E-state index contributed by atoms with van der Waals surface area (Å²) >= 11 is 0. The molecule has 1 saturated heterocycles. The van der Waals surface area contributed by atoms with Gasteiger partial charge in [-0.1, -0.05) is 6.07 Å². The second-order valence-corrected chi connectivity index (χ2v) is 8.03. The summed E-state index contributed by atoms with van der Waals surface area (Å²) in [6.45, 7) is 8.37. The van der Waals surface area contributed by atoms with Gasteiger partial charge in [0.1, 0.15) is 17.5 Å². The summed E-state index contributed by atoms with van der Waals surface area (Å²) in [5, 5.41) is 0. The van der Waals surface area contributed by atoms with E-state index in [-0.39, 0.29) is 18.2 Å². The van der Waals surface area contributed by atoms with Gasteiger partial charge in [-0.3, -0.25) is 4.98 Å². The highest BCUT2D eigenvalue weighted by Crippen LogP contribution is 2.24. The van der Waals surface area contributed by atoms with E-state index in [1.54, 1.807) is 17.2 Å². The molecule has 29 heavy (non-hydrogen) atoms. The number of esters is 1. The number of carbonyl (C=O) groups is 2. The van der Waals surface area contributed by atoms with Gasteiger partial charge in [0, 0.05) is 5.56 Å². The highest BCUT2D eigenvalue weighted by atomic mass is 16.6. The summed E-state index contributed by atoms with van der Waals surface area (Å²) in [5.74, 6) is 0.289. The molecule has 1 aliphatic rings. The minimum atomic E-state index is -0.504. The first kappa shape index (κ1) is 20.6. The Morgan fingerprint density at radius 2 is 1.86 bits per heavy atom. The number of ether oxygens (including phenoxy) is 3. The number of nitrogens with zero attached hydrogens (tertiary/aromatic N) is 2. The maximum absolute atomic E-state index is 12.0. The molecule has 1 aromatic carbocycles. The van der Waals surface area contributed by atoms with E-state index in [9.17, 15) is 9.59 Å². The van der Waals surface area contributed by atoms with E-state index in [4.69, 9.17) is 14.2 Å². The van der Waals surface area contributed by atoms with Crippen molar-refractivity contribution < 1.29 is 23.8 Å². The van der Waals surface area contributed by atoms with Crippen LogP contribution in [0.5, 0.6) is 5.75 Å². The van der Waals surface area contributed by atoms with E-state index in [0.29, 0.717) is 24.4 Å². The molecule has 0 spiro atoms. The van der Waals surface area contributed by atoms with E-state index in [1.807, 2.05) is 52.0 Å². The number of rotatable bonds is 4. The fraction of sp³-hybridized carbons (Fsp3) is 0.409. The Labute approximate surface area is 170 Å². The minimum absolute atomic E-state index is 0.0725. The molecule has 0 unspecified atom stereocenters. The Morgan fingerprint density at radius 1 is 1.14 bits per heavy atom. The monoisotopic (exact) mass is 398 g/mol. The molecule has 0 atom stereocenters. The Balaban J connectivity index is 1.57. The van der Waals surface area contributed by atoms with Crippen molar-refractivity contribution in [2.24, 2.45) is 0 Å². The van der Waals surface area contributed by atoms with E-state index in [1.165, 1.54) is 7.11 Å². The van der Waals surface area contributed by atoms with Crippen LogP contribution < -0.4 is 4.74 Å². The Kier molecular flexibility index (Phi) is 5.77. The molecule has 0 saturated carbocycles. The number of hydrogen-bond acceptors (Lipinski definition) is 6. The van der Waals surface area contributed by atoms with Crippen LogP contribution in [0.2, 0.25) is 0 Å². The van der Waals surface area contributed by atoms with Gasteiger partial charge in [-0.15, -0.1) is 0 Å². The van der Waals surface area contributed by atoms with Gasteiger partial charge < -0.3 is 19.1 Å². The topological polar surface area (TPSA) is 78.0 Å². The molecule has 2 aromatic rings. The van der Waals surface area contributed by atoms with Crippen LogP contribution >= 0.6 is 0 Å². The van der Waals surface area contributed by atoms with Gasteiger partial charge in [-0.25, -0.2) is 9.59 Å². The Bertz CT molecular complexity index is 896. The van der Waals surface area contributed by atoms with Gasteiger partial charge in [0.25, 0.3) is 0 Å². The van der Waals surface area contributed by atoms with Gasteiger partial charge in [0.05, 0.1) is 37.7 Å². The number of hydrogen-bond donors (Lipinski definition) is 0. The van der Waals surface area contributed by atoms with Crippen LogP contribution in [0.25, 0.3) is 11.3 Å². The Hall–Kier alpha value is -3.09. The summed E-state index contributed by atoms with van der Waals surface area (Å²) < 4.78 is 16.0. The van der Waals surface area contributed by atoms with Crippen LogP contribution in [0, 0.1) is 6.92 Å². The summed E-state index contributed by atoms with van der Waals surface area (Å²) in [7, 11) is 1.37. The fourth-order valence-electron chi connectivity index (χ4n) is 2.96. The average Bonchev–Trinajstić information content (AvgIpc) is 2.62. The third-order valence-corrected chi connectivity index (χ3v) is 4.47. The van der Waals surface area contributed by atoms with Gasteiger partial charge in [0.15, 0.2) is 0 Å². The lowest BCUT2D eigenvalue weighted by atomic mass is 10.0. The van der Waals surface area contributed by atoms with Crippen LogP contribution in [-0.2, 0) is 9.47 Å². The molecular formula is C22H26N2O5. The van der Waals surface area contributed by atoms with Gasteiger partial charge in [-0.05, 0) is 57.5 Å². The van der Waals surface area contributed by atoms with Crippen LogP contribution in [-0.4, -0.2) is 53.9 Å². The minimum Gasteiger partial charge on any atom is -0.485 e. The van der Waals surface area contributed by atoms with Crippen molar-refractivity contribution in [3.8, 4) is 17.0 Å². The molecule has 1 amide bonds. The van der Waals surface area contributed by atoms with Crippen LogP contribution in [0.3, 0.4) is 0 Å². The van der Waals surface area contributed by atoms with Crippen LogP contribution in [0.15, 0.2) is 36.5 Å². The zero-order valence-corrected chi connectivity index (χ0v) is 17.4. The van der Waals surface area contributed by atoms with Crippen molar-refractivity contribution in [2.75, 3.05) is 20.2 Å². The number of aromatic nitrogens is 1. The number of carbonyl (C=O) groups excluding carboxylic acids is 2. The normalized spacial score (nSPS) is 14.2. The Morgan fingerprint density at radius 3 is 2.41 bits per heavy atom. The van der Waals surface area contributed by atoms with Crippen molar-refractivity contribution >= 4 is 12.1 Å². The quantitative estimate of drug-likeness (QED) is 0.728. The van der Waals surface area contributed by atoms with Crippen molar-refractivity contribution in [3.63, 3.8) is 0 Å². The number of likely N-dealkylation sites (tertiary alicyclic amines) is 1. The molecule has 0 radical (unpaired) electrons. The third-order valence-electron chi connectivity index (χ3n) is 4.47. The molecule has 7 heteroatoms. The van der Waals surface area contributed by atoms with Crippen LogP contribution in [0.4, 0.5) is 4.79 Å². The van der Waals surface area contributed by atoms with Crippen molar-refractivity contribution in [3.05, 3.63) is 47.7 Å². The van der Waals surface area contributed by atoms with Gasteiger partial charge >= 0.3 is 12.1 Å². The molecule has 1 aliphatic heterocycles. The fourth-order valence-corrected chi connectivity index (χ4v) is 2.96. The van der Waals surface area contributed by atoms with Gasteiger partial charge in [-0.2, -0.15) is 0 Å². The summed E-state index contributed by atoms with van der Waals surface area (Å²) in [6.07, 6.45) is 1.27. The number of amides is 1. The molecule has 1 aromatic heterocycles. The first-order chi connectivity index (χ1) is 13.7. The molecule has 0 bridgehead atoms. The lowest BCUT2D eigenvalue weighted by molar-refractivity contribution is -0.0222. The summed E-state index contributed by atoms with van der Waals surface area (Å²) in [6, 6.07) is 9.20. The van der Waals surface area contributed by atoms with Crippen molar-refractivity contribution in [1.82, 2.24) is 9.88 Å². The highest BCUT2D eigenvalue weighted by Gasteiger charge is 2.35. The predicted octanol–water partition coefficient (Wildman–Crippen LogP) is 3.84. The summed E-state index contributed by atoms with van der Waals surface area (Å²) in [5.41, 5.74) is 2.54. The molecule has 3 rings (SSSR count). The zero-order valence-electron chi connectivity index (χ0n) is 17.4. The number of pyridine rings is 1. The third kappa shape index (κ3) is 5.04. The average molecular weight is 398 g/mol. The highest BCUT2D eigenvalue weighted by molar-refractivity contribution is 5.91. The number of benzene rings is 1. The van der Waals surface area contributed by atoms with Crippen LogP contribution in [0.1, 0.15) is 36.7 Å². The van der Waals surface area contributed by atoms with Crippen molar-refractivity contribution in [1.29, 1.82) is 0 Å². The molecule has 1 fully saturated rings. The second-order valence-electron chi connectivity index (χ2n) is 8.03. The number of aryl methyl sites for hydroxylation is 1. The molecule has 154 valence electrons. The first-order valence-electron chi connectivity index (χ1n) is 9.46. The molecular weight excluding hydrogens is 372 g/mol. The van der Waals surface area contributed by atoms with E-state index in [2.05, 4.69) is 4.98 Å². The molecule has 2 heterocycles. The lowest BCUT2D eigenvalue weighted by Crippen LogP contribution is -2.57. The van der Waals surface area contributed by atoms with E-state index in [0.717, 1.165) is 16.8 Å². The summed E-state index contributed by atoms with van der Waals surface area (Å²) in [4.78, 5) is 29.7. The zero-order chi connectivity index (χ0) is 21.2. The smallest absolute Gasteiger partial charge is 0.410 e. The standard InChI is InChI=1S/C22H26N2O5/c1-14-10-15(6-8-18(14)20(25)27-5)19-9-7-16(11-23-19)28-17-12-24(13-17)21(26)29-22(2,3)4/h6-11,17H,12-13H2,1-5H3. The van der Waals surface area contributed by atoms with E-state index >= 15 is 0 Å². The number of methoxy groups -OCH3 is 1. The van der Waals surface area contributed by atoms with Gasteiger partial charge in [0.2, 0.25) is 0 Å². The van der Waals surface area contributed by atoms with E-state index < -0.39 is 5.60 Å². The largest absolute Gasteiger partial charge is 0.485 e. The molecule has 0 N–H and O–H groups in total. The van der Waals surface area contributed by atoms with Crippen molar-refractivity contribution in [2.45, 2.75) is 39.4 Å². The maximum Gasteiger partial charge on any atom is 0.410 e. The molecule has 0 aliphatic carbocycles.